The molecule has 2 atom stereocenters. The Morgan fingerprint density at radius 3 is 3.10 bits per heavy atom. The number of nitrogens with one attached hydrogen (secondary N) is 1. The van der Waals surface area contributed by atoms with Crippen LogP contribution in [0.5, 0.6) is 0 Å². The molecule has 2 unspecified atom stereocenters. The first kappa shape index (κ1) is 13.8. The molecule has 1 fully saturated rings. The summed E-state index contributed by atoms with van der Waals surface area (Å²) in [5.41, 5.74) is 0. The van der Waals surface area contributed by atoms with Gasteiger partial charge in [0, 0.05) is 17.5 Å². The van der Waals surface area contributed by atoms with Crippen LogP contribution in [0.3, 0.4) is 0 Å². The summed E-state index contributed by atoms with van der Waals surface area (Å²) < 4.78 is 0. The van der Waals surface area contributed by atoms with E-state index in [0.717, 1.165) is 28.9 Å². The highest BCUT2D eigenvalue weighted by Gasteiger charge is 2.27. The summed E-state index contributed by atoms with van der Waals surface area (Å²) in [5, 5.41) is 13.9. The molecule has 2 aromatic heterocycles. The summed E-state index contributed by atoms with van der Waals surface area (Å²) in [5.74, 6) is 1.52. The van der Waals surface area contributed by atoms with Gasteiger partial charge in [-0.2, -0.15) is 0 Å². The van der Waals surface area contributed by atoms with E-state index in [9.17, 15) is 0 Å². The number of aryl methyl sites for hydroxylation is 1. The molecule has 5 heteroatoms. The van der Waals surface area contributed by atoms with Gasteiger partial charge in [-0.25, -0.2) is 9.97 Å². The maximum atomic E-state index is 9.17. The van der Waals surface area contributed by atoms with Gasteiger partial charge in [-0.05, 0) is 37.7 Å². The zero-order valence-electron chi connectivity index (χ0n) is 11.8. The van der Waals surface area contributed by atoms with Crippen molar-refractivity contribution in [3.63, 3.8) is 0 Å². The molecule has 1 aliphatic rings. The Balaban J connectivity index is 1.84. The van der Waals surface area contributed by atoms with Crippen LogP contribution in [0.2, 0.25) is 0 Å². The predicted molar refractivity (Wildman–Crippen MR) is 83.2 cm³/mol. The van der Waals surface area contributed by atoms with Crippen LogP contribution < -0.4 is 5.32 Å². The van der Waals surface area contributed by atoms with Crippen LogP contribution >= 0.6 is 11.3 Å². The molecule has 108 valence electrons. The molecule has 0 saturated heterocycles. The van der Waals surface area contributed by atoms with Crippen molar-refractivity contribution in [1.82, 2.24) is 9.97 Å². The van der Waals surface area contributed by atoms with Gasteiger partial charge in [0.1, 0.15) is 17.0 Å². The second kappa shape index (κ2) is 6.06. The highest BCUT2D eigenvalue weighted by atomic mass is 32.1. The van der Waals surface area contributed by atoms with Gasteiger partial charge in [0.05, 0.1) is 5.39 Å². The first-order chi connectivity index (χ1) is 9.81. The third-order valence-corrected chi connectivity index (χ3v) is 5.40. The molecule has 1 saturated carbocycles. The zero-order valence-corrected chi connectivity index (χ0v) is 12.6. The lowest BCUT2D eigenvalue weighted by atomic mass is 10.00. The van der Waals surface area contributed by atoms with E-state index in [-0.39, 0.29) is 6.61 Å². The molecule has 0 aromatic carbocycles. The van der Waals surface area contributed by atoms with Gasteiger partial charge in [0.15, 0.2) is 0 Å². The van der Waals surface area contributed by atoms with E-state index >= 15 is 0 Å². The fraction of sp³-hybridized carbons (Fsp3) is 0.600. The van der Waals surface area contributed by atoms with E-state index in [0.29, 0.717) is 12.0 Å². The molecule has 2 N–H and O–H groups in total. The summed E-state index contributed by atoms with van der Waals surface area (Å²) in [7, 11) is 0. The Morgan fingerprint density at radius 2 is 2.30 bits per heavy atom. The lowest BCUT2D eigenvalue weighted by molar-refractivity contribution is 0.254. The Bertz CT molecular complexity index is 584. The van der Waals surface area contributed by atoms with Crippen LogP contribution in [0.15, 0.2) is 12.4 Å². The monoisotopic (exact) mass is 291 g/mol. The molecule has 0 radical (unpaired) electrons. The number of nitrogens with zero attached hydrogens (tertiary/aromatic N) is 2. The fourth-order valence-electron chi connectivity index (χ4n) is 3.11. The van der Waals surface area contributed by atoms with Gasteiger partial charge in [-0.1, -0.05) is 13.3 Å². The van der Waals surface area contributed by atoms with Crippen LogP contribution in [0, 0.1) is 5.92 Å². The number of aliphatic hydroxyl groups is 1. The Hall–Kier alpha value is -1.20. The van der Waals surface area contributed by atoms with E-state index in [1.165, 1.54) is 24.1 Å². The molecule has 2 heterocycles. The van der Waals surface area contributed by atoms with Crippen molar-refractivity contribution < 1.29 is 5.11 Å². The number of rotatable bonds is 5. The van der Waals surface area contributed by atoms with E-state index in [1.807, 2.05) is 0 Å². The Labute approximate surface area is 123 Å². The number of thiophene rings is 1. The number of hydrogen-bond donors (Lipinski definition) is 2. The van der Waals surface area contributed by atoms with Gasteiger partial charge in [-0.15, -0.1) is 11.3 Å². The van der Waals surface area contributed by atoms with E-state index in [2.05, 4.69) is 28.3 Å². The standard InChI is InChI=1S/C15H21N3OS/c1-2-11-8-12-14(16-9-17-15(12)20-11)18-13-5-3-4-10(13)6-7-19/h8-10,13,19H,2-7H2,1H3,(H,16,17,18). The molecule has 0 aliphatic heterocycles. The Morgan fingerprint density at radius 1 is 1.40 bits per heavy atom. The minimum Gasteiger partial charge on any atom is -0.396 e. The minimum absolute atomic E-state index is 0.278. The van der Waals surface area contributed by atoms with Gasteiger partial charge >= 0.3 is 0 Å². The molecule has 20 heavy (non-hydrogen) atoms. The molecule has 0 bridgehead atoms. The number of aromatic nitrogens is 2. The average molecular weight is 291 g/mol. The van der Waals surface area contributed by atoms with Crippen LogP contribution in [-0.2, 0) is 6.42 Å². The summed E-state index contributed by atoms with van der Waals surface area (Å²) in [6.45, 7) is 2.44. The van der Waals surface area contributed by atoms with Crippen molar-refractivity contribution in [2.24, 2.45) is 5.92 Å². The number of anilines is 1. The fourth-order valence-corrected chi connectivity index (χ4v) is 4.04. The van der Waals surface area contributed by atoms with Gasteiger partial charge in [-0.3, -0.25) is 0 Å². The van der Waals surface area contributed by atoms with Crippen LogP contribution in [-0.4, -0.2) is 27.7 Å². The lowest BCUT2D eigenvalue weighted by Gasteiger charge is -2.21. The summed E-state index contributed by atoms with van der Waals surface area (Å²) in [6.07, 6.45) is 7.18. The maximum Gasteiger partial charge on any atom is 0.138 e. The second-order valence-corrected chi connectivity index (χ2v) is 6.58. The molecule has 1 aliphatic carbocycles. The van der Waals surface area contributed by atoms with E-state index < -0.39 is 0 Å². The average Bonchev–Trinajstić information content (AvgIpc) is 3.06. The highest BCUT2D eigenvalue weighted by Crippen LogP contribution is 2.33. The molecule has 2 aromatic rings. The van der Waals surface area contributed by atoms with Crippen LogP contribution in [0.25, 0.3) is 10.2 Å². The summed E-state index contributed by atoms with van der Waals surface area (Å²) in [6, 6.07) is 2.64. The number of fused-ring (bicyclic) bond motifs is 1. The number of hydrogen-bond acceptors (Lipinski definition) is 5. The normalized spacial score (nSPS) is 22.5. The van der Waals surface area contributed by atoms with E-state index in [4.69, 9.17) is 5.11 Å². The summed E-state index contributed by atoms with van der Waals surface area (Å²) >= 11 is 1.75. The smallest absolute Gasteiger partial charge is 0.138 e. The maximum absolute atomic E-state index is 9.17. The molecule has 0 spiro atoms. The third-order valence-electron chi connectivity index (χ3n) is 4.21. The van der Waals surface area contributed by atoms with Crippen LogP contribution in [0.1, 0.15) is 37.5 Å². The van der Waals surface area contributed by atoms with Crippen molar-refractivity contribution in [3.8, 4) is 0 Å². The van der Waals surface area contributed by atoms with Crippen LogP contribution in [0.4, 0.5) is 5.82 Å². The van der Waals surface area contributed by atoms with Gasteiger partial charge in [0.2, 0.25) is 0 Å². The van der Waals surface area contributed by atoms with Gasteiger partial charge in [0.25, 0.3) is 0 Å². The molecule has 4 nitrogen and oxygen atoms in total. The largest absolute Gasteiger partial charge is 0.396 e. The third kappa shape index (κ3) is 2.65. The van der Waals surface area contributed by atoms with E-state index in [1.54, 1.807) is 17.7 Å². The summed E-state index contributed by atoms with van der Waals surface area (Å²) in [4.78, 5) is 11.2. The van der Waals surface area contributed by atoms with Gasteiger partial charge < -0.3 is 10.4 Å². The van der Waals surface area contributed by atoms with Crippen molar-refractivity contribution in [3.05, 3.63) is 17.3 Å². The molecular weight excluding hydrogens is 270 g/mol. The second-order valence-electron chi connectivity index (χ2n) is 5.46. The zero-order chi connectivity index (χ0) is 13.9. The molecule has 3 rings (SSSR count). The van der Waals surface area contributed by atoms with Crippen molar-refractivity contribution in [1.29, 1.82) is 0 Å². The van der Waals surface area contributed by atoms with Crippen molar-refractivity contribution in [2.75, 3.05) is 11.9 Å². The molecule has 0 amide bonds. The first-order valence-corrected chi connectivity index (χ1v) is 8.24. The first-order valence-electron chi connectivity index (χ1n) is 7.42. The quantitative estimate of drug-likeness (QED) is 0.888. The van der Waals surface area contributed by atoms with Crippen molar-refractivity contribution in [2.45, 2.75) is 45.1 Å². The van der Waals surface area contributed by atoms with Crippen molar-refractivity contribution >= 4 is 27.4 Å². The predicted octanol–water partition coefficient (Wildman–Crippen LogP) is 3.22. The SMILES string of the molecule is CCc1cc2c(NC3CCCC3CCO)ncnc2s1. The minimum atomic E-state index is 0.278. The highest BCUT2D eigenvalue weighted by molar-refractivity contribution is 7.18. The molecular formula is C15H21N3OS. The lowest BCUT2D eigenvalue weighted by Crippen LogP contribution is -2.25. The number of aliphatic hydroxyl groups excluding tert-OH is 1. The topological polar surface area (TPSA) is 58.0 Å². The Kier molecular flexibility index (Phi) is 4.17.